The van der Waals surface area contributed by atoms with E-state index in [4.69, 9.17) is 16.3 Å². The number of hydrogen-bond donors (Lipinski definition) is 1. The van der Waals surface area contributed by atoms with Crippen LogP contribution >= 0.6 is 11.6 Å². The Morgan fingerprint density at radius 3 is 2.24 bits per heavy atom. The average molecular weight is 578 g/mol. The van der Waals surface area contributed by atoms with Crippen molar-refractivity contribution in [1.29, 1.82) is 0 Å². The van der Waals surface area contributed by atoms with Gasteiger partial charge in [0.1, 0.15) is 10.8 Å². The van der Waals surface area contributed by atoms with Crippen LogP contribution in [0.2, 0.25) is 5.02 Å². The monoisotopic (exact) mass is 577 g/mol. The fourth-order valence-electron chi connectivity index (χ4n) is 5.40. The predicted molar refractivity (Wildman–Crippen MR) is 160 cm³/mol. The maximum absolute atomic E-state index is 13.8. The van der Waals surface area contributed by atoms with Crippen LogP contribution < -0.4 is 19.9 Å². The van der Waals surface area contributed by atoms with Gasteiger partial charge in [-0.05, 0) is 61.7 Å². The van der Waals surface area contributed by atoms with Crippen molar-refractivity contribution in [3.05, 3.63) is 86.9 Å². The van der Waals surface area contributed by atoms with Gasteiger partial charge >= 0.3 is 0 Å². The molecular weight excluding hydrogens is 546 g/mol. The summed E-state index contributed by atoms with van der Waals surface area (Å²) < 4.78 is 5.55. The number of hydrogen-bond acceptors (Lipinski definition) is 7. The maximum Gasteiger partial charge on any atom is 0.288 e. The molecule has 5 rings (SSSR count). The molecule has 214 valence electrons. The number of nitro benzene ring substituents is 1. The molecule has 0 aromatic heterocycles. The number of anilines is 3. The Bertz CT molecular complexity index is 1450. The summed E-state index contributed by atoms with van der Waals surface area (Å²) in [7, 11) is 1.67. The largest absolute Gasteiger partial charge is 0.495 e. The molecule has 2 heterocycles. The van der Waals surface area contributed by atoms with E-state index in [0.29, 0.717) is 37.4 Å². The van der Waals surface area contributed by atoms with Gasteiger partial charge in [-0.1, -0.05) is 23.7 Å². The Kier molecular flexibility index (Phi) is 8.58. The number of piperazine rings is 1. The van der Waals surface area contributed by atoms with Gasteiger partial charge in [-0.2, -0.15) is 0 Å². The van der Waals surface area contributed by atoms with Gasteiger partial charge in [0.2, 0.25) is 0 Å². The molecule has 0 spiro atoms. The van der Waals surface area contributed by atoms with E-state index >= 15 is 0 Å². The van der Waals surface area contributed by atoms with Crippen LogP contribution in [0.15, 0.2) is 60.7 Å². The van der Waals surface area contributed by atoms with E-state index in [-0.39, 0.29) is 22.2 Å². The number of halogens is 1. The Balaban J connectivity index is 1.39. The zero-order valence-electron chi connectivity index (χ0n) is 22.8. The number of methoxy groups -OCH3 is 1. The van der Waals surface area contributed by atoms with Gasteiger partial charge in [0.25, 0.3) is 17.5 Å². The van der Waals surface area contributed by atoms with Crippen molar-refractivity contribution in [3.8, 4) is 5.75 Å². The standard InChI is InChI=1S/C30H32ClN5O5/c1-41-28-8-4-3-7-26(28)34-17-15-33(16-18-34)25-12-10-22(20-23(25)30(38)35-13-5-2-6-14-35)32-29(37)21-9-11-24(31)27(19-21)36(39)40/h3-4,7-12,19-20H,2,5-6,13-18H2,1H3,(H,32,37). The first-order valence-corrected chi connectivity index (χ1v) is 14.0. The molecule has 0 aliphatic carbocycles. The number of benzene rings is 3. The molecule has 0 bridgehead atoms. The molecule has 41 heavy (non-hydrogen) atoms. The molecule has 0 unspecified atom stereocenters. The van der Waals surface area contributed by atoms with Crippen LogP contribution in [0.5, 0.6) is 5.75 Å². The number of amides is 2. The van der Waals surface area contributed by atoms with Crippen LogP contribution in [0, 0.1) is 10.1 Å². The lowest BCUT2D eigenvalue weighted by molar-refractivity contribution is -0.384. The van der Waals surface area contributed by atoms with Crippen molar-refractivity contribution in [2.45, 2.75) is 19.3 Å². The van der Waals surface area contributed by atoms with E-state index in [1.807, 2.05) is 35.2 Å². The number of carbonyl (C=O) groups excluding carboxylic acids is 2. The number of piperidine rings is 1. The van der Waals surface area contributed by atoms with Crippen LogP contribution in [0.1, 0.15) is 40.0 Å². The van der Waals surface area contributed by atoms with Gasteiger partial charge in [-0.15, -0.1) is 0 Å². The SMILES string of the molecule is COc1ccccc1N1CCN(c2ccc(NC(=O)c3ccc(Cl)c([N+](=O)[O-])c3)cc2C(=O)N2CCCCC2)CC1. The summed E-state index contributed by atoms with van der Waals surface area (Å²) in [5.41, 5.74) is 2.58. The van der Waals surface area contributed by atoms with Crippen molar-refractivity contribution >= 4 is 46.2 Å². The first-order valence-electron chi connectivity index (χ1n) is 13.7. The Morgan fingerprint density at radius 1 is 0.878 bits per heavy atom. The van der Waals surface area contributed by atoms with Crippen molar-refractivity contribution in [3.63, 3.8) is 0 Å². The summed E-state index contributed by atoms with van der Waals surface area (Å²) >= 11 is 5.91. The number of para-hydroxylation sites is 2. The summed E-state index contributed by atoms with van der Waals surface area (Å²) in [5.74, 6) is 0.234. The Hall–Kier alpha value is -4.31. The zero-order valence-corrected chi connectivity index (χ0v) is 23.6. The second kappa shape index (κ2) is 12.5. The van der Waals surface area contributed by atoms with E-state index in [2.05, 4.69) is 15.1 Å². The molecule has 2 aliphatic heterocycles. The number of ether oxygens (including phenoxy) is 1. The lowest BCUT2D eigenvalue weighted by Gasteiger charge is -2.39. The second-order valence-corrected chi connectivity index (χ2v) is 10.5. The number of nitrogens with zero attached hydrogens (tertiary/aromatic N) is 4. The predicted octanol–water partition coefficient (Wildman–Crippen LogP) is 5.46. The zero-order chi connectivity index (χ0) is 28.9. The average Bonchev–Trinajstić information content (AvgIpc) is 3.01. The summed E-state index contributed by atoms with van der Waals surface area (Å²) in [6.45, 7) is 4.32. The van der Waals surface area contributed by atoms with Gasteiger partial charge in [-0.25, -0.2) is 0 Å². The van der Waals surface area contributed by atoms with Crippen LogP contribution in [-0.4, -0.2) is 68.0 Å². The molecule has 3 aromatic rings. The van der Waals surface area contributed by atoms with Gasteiger partial charge in [0, 0.05) is 62.3 Å². The molecule has 0 atom stereocenters. The van der Waals surface area contributed by atoms with E-state index in [1.54, 1.807) is 19.2 Å². The summed E-state index contributed by atoms with van der Waals surface area (Å²) in [6, 6.07) is 17.2. The van der Waals surface area contributed by atoms with Crippen LogP contribution in [-0.2, 0) is 0 Å². The normalized spacial score (nSPS) is 15.4. The highest BCUT2D eigenvalue weighted by molar-refractivity contribution is 6.32. The highest BCUT2D eigenvalue weighted by atomic mass is 35.5. The van der Waals surface area contributed by atoms with E-state index < -0.39 is 10.8 Å². The van der Waals surface area contributed by atoms with Crippen molar-refractivity contribution < 1.29 is 19.2 Å². The number of nitrogens with one attached hydrogen (secondary N) is 1. The first-order chi connectivity index (χ1) is 19.9. The first kappa shape index (κ1) is 28.2. The smallest absolute Gasteiger partial charge is 0.288 e. The van der Waals surface area contributed by atoms with E-state index in [0.717, 1.165) is 55.5 Å². The molecule has 2 saturated heterocycles. The topological polar surface area (TPSA) is 108 Å². The third-order valence-corrected chi connectivity index (χ3v) is 7.90. The van der Waals surface area contributed by atoms with E-state index in [1.165, 1.54) is 12.1 Å². The summed E-state index contributed by atoms with van der Waals surface area (Å²) in [4.78, 5) is 43.8. The molecule has 2 aliphatic rings. The van der Waals surface area contributed by atoms with Crippen molar-refractivity contribution in [2.75, 3.05) is 61.5 Å². The minimum Gasteiger partial charge on any atom is -0.495 e. The fourth-order valence-corrected chi connectivity index (χ4v) is 5.59. The van der Waals surface area contributed by atoms with Crippen LogP contribution in [0.25, 0.3) is 0 Å². The van der Waals surface area contributed by atoms with Gasteiger partial charge < -0.3 is 24.8 Å². The Labute approximate surface area is 243 Å². The fraction of sp³-hybridized carbons (Fsp3) is 0.333. The molecular formula is C30H32ClN5O5. The molecule has 2 fully saturated rings. The lowest BCUT2D eigenvalue weighted by atomic mass is 10.0. The van der Waals surface area contributed by atoms with Crippen molar-refractivity contribution in [1.82, 2.24) is 4.90 Å². The van der Waals surface area contributed by atoms with Crippen LogP contribution in [0.3, 0.4) is 0 Å². The van der Waals surface area contributed by atoms with E-state index in [9.17, 15) is 19.7 Å². The van der Waals surface area contributed by atoms with Gasteiger partial charge in [0.15, 0.2) is 0 Å². The highest BCUT2D eigenvalue weighted by Crippen LogP contribution is 2.32. The van der Waals surface area contributed by atoms with Crippen molar-refractivity contribution in [2.24, 2.45) is 0 Å². The number of carbonyl (C=O) groups is 2. The second-order valence-electron chi connectivity index (χ2n) is 10.1. The molecule has 0 saturated carbocycles. The van der Waals surface area contributed by atoms with Gasteiger partial charge in [-0.3, -0.25) is 19.7 Å². The summed E-state index contributed by atoms with van der Waals surface area (Å²) in [6.07, 6.45) is 3.03. The third-order valence-electron chi connectivity index (χ3n) is 7.58. The summed E-state index contributed by atoms with van der Waals surface area (Å²) in [5, 5.41) is 14.0. The van der Waals surface area contributed by atoms with Crippen LogP contribution in [0.4, 0.5) is 22.7 Å². The number of rotatable bonds is 7. The molecule has 2 amide bonds. The minimum absolute atomic E-state index is 0.0453. The number of nitro groups is 1. The molecule has 1 N–H and O–H groups in total. The maximum atomic E-state index is 13.8. The number of likely N-dealkylation sites (tertiary alicyclic amines) is 1. The highest BCUT2D eigenvalue weighted by Gasteiger charge is 2.27. The minimum atomic E-state index is -0.628. The molecule has 11 heteroatoms. The quantitative estimate of drug-likeness (QED) is 0.293. The molecule has 10 nitrogen and oxygen atoms in total. The molecule has 3 aromatic carbocycles. The third kappa shape index (κ3) is 6.22. The lowest BCUT2D eigenvalue weighted by Crippen LogP contribution is -2.47. The molecule has 0 radical (unpaired) electrons. The van der Waals surface area contributed by atoms with Gasteiger partial charge in [0.05, 0.1) is 23.3 Å². The Morgan fingerprint density at radius 2 is 1.56 bits per heavy atom.